The summed E-state index contributed by atoms with van der Waals surface area (Å²) in [6, 6.07) is 1.81. The molecule has 2 aliphatic carbocycles. The Balaban J connectivity index is 1.38. The van der Waals surface area contributed by atoms with Crippen LogP contribution in [0.3, 0.4) is 0 Å². The number of carbonyl (C=O) groups excluding carboxylic acids is 1. The zero-order valence-corrected chi connectivity index (χ0v) is 18.1. The van der Waals surface area contributed by atoms with Gasteiger partial charge in [-0.05, 0) is 50.0 Å². The van der Waals surface area contributed by atoms with Crippen molar-refractivity contribution in [3.8, 4) is 11.3 Å². The van der Waals surface area contributed by atoms with Gasteiger partial charge < -0.3 is 10.2 Å². The van der Waals surface area contributed by atoms with Gasteiger partial charge >= 0.3 is 0 Å². The van der Waals surface area contributed by atoms with E-state index in [1.54, 1.807) is 6.07 Å². The normalized spacial score (nSPS) is 22.7. The lowest BCUT2D eigenvalue weighted by atomic mass is 9.86. The van der Waals surface area contributed by atoms with Gasteiger partial charge in [0.1, 0.15) is 6.54 Å². The molecule has 3 heterocycles. The molecule has 2 aromatic heterocycles. The fourth-order valence-electron chi connectivity index (χ4n) is 5.09. The zero-order valence-electron chi connectivity index (χ0n) is 18.1. The van der Waals surface area contributed by atoms with Crippen LogP contribution in [0.5, 0.6) is 0 Å². The predicted molar refractivity (Wildman–Crippen MR) is 118 cm³/mol. The number of nitrogens with zero attached hydrogens (tertiary/aromatic N) is 5. The monoisotopic (exact) mass is 422 g/mol. The maximum absolute atomic E-state index is 12.6. The van der Waals surface area contributed by atoms with Crippen LogP contribution in [-0.4, -0.2) is 44.8 Å². The number of aryl methyl sites for hydroxylation is 2. The minimum atomic E-state index is -0.233. The van der Waals surface area contributed by atoms with Crippen molar-refractivity contribution in [2.45, 2.75) is 70.9 Å². The van der Waals surface area contributed by atoms with Crippen molar-refractivity contribution in [2.75, 3.05) is 18.0 Å². The Morgan fingerprint density at radius 2 is 1.97 bits per heavy atom. The third kappa shape index (κ3) is 4.07. The number of nitrogens with one attached hydrogen (secondary N) is 1. The quantitative estimate of drug-likeness (QED) is 0.811. The third-order valence-corrected chi connectivity index (χ3v) is 6.96. The van der Waals surface area contributed by atoms with Gasteiger partial charge in [-0.2, -0.15) is 5.10 Å². The van der Waals surface area contributed by atoms with E-state index in [0.29, 0.717) is 5.92 Å². The molecule has 1 amide bonds. The Morgan fingerprint density at radius 1 is 1.16 bits per heavy atom. The van der Waals surface area contributed by atoms with Crippen LogP contribution in [0.4, 0.5) is 5.95 Å². The van der Waals surface area contributed by atoms with E-state index in [1.165, 1.54) is 23.9 Å². The number of anilines is 1. The van der Waals surface area contributed by atoms with Crippen LogP contribution in [0, 0.1) is 5.92 Å². The molecule has 0 spiro atoms. The highest BCUT2D eigenvalue weighted by Crippen LogP contribution is 2.31. The van der Waals surface area contributed by atoms with Crippen LogP contribution in [0.15, 0.2) is 17.1 Å². The van der Waals surface area contributed by atoms with Gasteiger partial charge in [0.05, 0.1) is 11.4 Å². The molecule has 5 rings (SSSR count). The first-order chi connectivity index (χ1) is 15.1. The van der Waals surface area contributed by atoms with E-state index >= 15 is 0 Å². The van der Waals surface area contributed by atoms with Crippen LogP contribution < -0.4 is 15.8 Å². The van der Waals surface area contributed by atoms with Crippen LogP contribution in [0.2, 0.25) is 0 Å². The fraction of sp³-hybridized carbons (Fsp3) is 0.609. The fourth-order valence-corrected chi connectivity index (χ4v) is 5.09. The minimum Gasteiger partial charge on any atom is -0.351 e. The van der Waals surface area contributed by atoms with Gasteiger partial charge in [-0.15, -0.1) is 0 Å². The predicted octanol–water partition coefficient (Wildman–Crippen LogP) is 2.09. The van der Waals surface area contributed by atoms with Gasteiger partial charge in [-0.3, -0.25) is 9.59 Å². The Morgan fingerprint density at radius 3 is 2.77 bits per heavy atom. The van der Waals surface area contributed by atoms with E-state index < -0.39 is 0 Å². The second-order valence-electron chi connectivity index (χ2n) is 9.17. The van der Waals surface area contributed by atoms with Crippen molar-refractivity contribution >= 4 is 11.9 Å². The van der Waals surface area contributed by atoms with Gasteiger partial charge in [0.25, 0.3) is 5.56 Å². The Bertz CT molecular complexity index is 1040. The summed E-state index contributed by atoms with van der Waals surface area (Å²) in [7, 11) is 0. The maximum atomic E-state index is 12.6. The van der Waals surface area contributed by atoms with Crippen molar-refractivity contribution in [2.24, 2.45) is 5.92 Å². The van der Waals surface area contributed by atoms with Crippen LogP contribution >= 0.6 is 0 Å². The molecule has 2 unspecified atom stereocenters. The number of hydrogen-bond acceptors (Lipinski definition) is 6. The number of carbonyl (C=O) groups is 1. The first-order valence-electron chi connectivity index (χ1n) is 11.6. The van der Waals surface area contributed by atoms with Crippen molar-refractivity contribution < 1.29 is 4.79 Å². The van der Waals surface area contributed by atoms with Crippen molar-refractivity contribution in [1.82, 2.24) is 25.1 Å². The van der Waals surface area contributed by atoms with Gasteiger partial charge in [0.2, 0.25) is 11.9 Å². The molecule has 0 bridgehead atoms. The summed E-state index contributed by atoms with van der Waals surface area (Å²) in [4.78, 5) is 36.9. The first kappa shape index (κ1) is 20.2. The summed E-state index contributed by atoms with van der Waals surface area (Å²) in [5.41, 5.74) is 3.26. The summed E-state index contributed by atoms with van der Waals surface area (Å²) in [5, 5.41) is 7.70. The molecule has 164 valence electrons. The van der Waals surface area contributed by atoms with E-state index in [-0.39, 0.29) is 24.1 Å². The van der Waals surface area contributed by atoms with E-state index in [9.17, 15) is 9.59 Å². The number of fused-ring (bicyclic) bond motifs is 3. The van der Waals surface area contributed by atoms with Gasteiger partial charge in [0, 0.05) is 37.0 Å². The Hall–Kier alpha value is -2.77. The molecule has 0 aromatic carbocycles. The molecule has 8 nitrogen and oxygen atoms in total. The topological polar surface area (TPSA) is 93.0 Å². The number of aromatic nitrogens is 4. The summed E-state index contributed by atoms with van der Waals surface area (Å²) in [6.45, 7) is 4.13. The largest absolute Gasteiger partial charge is 0.351 e. The lowest BCUT2D eigenvalue weighted by Gasteiger charge is -2.29. The van der Waals surface area contributed by atoms with E-state index in [4.69, 9.17) is 4.98 Å². The minimum absolute atomic E-state index is 0.0581. The molecular formula is C23H30N6O2. The van der Waals surface area contributed by atoms with Crippen LogP contribution in [-0.2, 0) is 24.2 Å². The first-order valence-corrected chi connectivity index (χ1v) is 11.6. The van der Waals surface area contributed by atoms with Gasteiger partial charge in [0.15, 0.2) is 0 Å². The SMILES string of the molecule is CC1CCCCC1NC(=O)Cn1nc2c(cc1=O)CCc1nc(N3CCCC3)ncc1-2. The lowest BCUT2D eigenvalue weighted by Crippen LogP contribution is -2.44. The summed E-state index contributed by atoms with van der Waals surface area (Å²) < 4.78 is 1.28. The summed E-state index contributed by atoms with van der Waals surface area (Å²) in [5.74, 6) is 1.11. The van der Waals surface area contributed by atoms with Crippen LogP contribution in [0.25, 0.3) is 11.3 Å². The standard InChI is InChI=1S/C23H30N6O2/c1-15-6-2-3-7-18(15)25-20(30)14-29-21(31)12-16-8-9-19-17(22(16)27-29)13-24-23(26-19)28-10-4-5-11-28/h12-13,15,18H,2-11,14H2,1H3,(H,25,30). The molecule has 1 saturated heterocycles. The number of amides is 1. The molecule has 1 saturated carbocycles. The molecule has 2 atom stereocenters. The average Bonchev–Trinajstić information content (AvgIpc) is 3.30. The molecule has 8 heteroatoms. The maximum Gasteiger partial charge on any atom is 0.267 e. The molecule has 2 aromatic rings. The van der Waals surface area contributed by atoms with E-state index in [1.807, 2.05) is 6.20 Å². The molecule has 31 heavy (non-hydrogen) atoms. The lowest BCUT2D eigenvalue weighted by molar-refractivity contribution is -0.123. The third-order valence-electron chi connectivity index (χ3n) is 6.96. The molecule has 2 fully saturated rings. The Labute approximate surface area is 182 Å². The number of hydrogen-bond donors (Lipinski definition) is 1. The molecule has 3 aliphatic rings. The van der Waals surface area contributed by atoms with Crippen LogP contribution in [0.1, 0.15) is 56.7 Å². The van der Waals surface area contributed by atoms with E-state index in [2.05, 4.69) is 27.2 Å². The summed E-state index contributed by atoms with van der Waals surface area (Å²) in [6.07, 6.45) is 10.2. The van der Waals surface area contributed by atoms with E-state index in [0.717, 1.165) is 73.7 Å². The van der Waals surface area contributed by atoms with Crippen molar-refractivity contribution in [3.05, 3.63) is 33.9 Å². The molecule has 1 aliphatic heterocycles. The second kappa shape index (κ2) is 8.40. The zero-order chi connectivity index (χ0) is 21.4. The second-order valence-corrected chi connectivity index (χ2v) is 9.17. The summed E-state index contributed by atoms with van der Waals surface area (Å²) >= 11 is 0. The number of rotatable bonds is 4. The highest BCUT2D eigenvalue weighted by atomic mass is 16.2. The van der Waals surface area contributed by atoms with Gasteiger partial charge in [-0.25, -0.2) is 14.6 Å². The average molecular weight is 423 g/mol. The molecule has 0 radical (unpaired) electrons. The van der Waals surface area contributed by atoms with Crippen molar-refractivity contribution in [3.63, 3.8) is 0 Å². The smallest absolute Gasteiger partial charge is 0.267 e. The highest BCUT2D eigenvalue weighted by Gasteiger charge is 2.25. The Kier molecular flexibility index (Phi) is 5.46. The molecular weight excluding hydrogens is 392 g/mol. The highest BCUT2D eigenvalue weighted by molar-refractivity contribution is 5.76. The van der Waals surface area contributed by atoms with Gasteiger partial charge in [-0.1, -0.05) is 19.8 Å². The molecule has 1 N–H and O–H groups in total. The van der Waals surface area contributed by atoms with Crippen molar-refractivity contribution in [1.29, 1.82) is 0 Å².